The molecule has 1 rings (SSSR count). The van der Waals surface area contributed by atoms with Crippen LogP contribution in [0.2, 0.25) is 0 Å². The molecule has 5 heteroatoms. The van der Waals surface area contributed by atoms with E-state index in [1.807, 2.05) is 11.8 Å². The second kappa shape index (κ2) is 10.6. The van der Waals surface area contributed by atoms with E-state index < -0.39 is 0 Å². The van der Waals surface area contributed by atoms with E-state index in [9.17, 15) is 0 Å². The van der Waals surface area contributed by atoms with Crippen molar-refractivity contribution in [3.8, 4) is 0 Å². The fourth-order valence-corrected chi connectivity index (χ4v) is 2.18. The number of hydrogen-bond donors (Lipinski definition) is 2. The number of nitrogens with zero attached hydrogens (tertiary/aromatic N) is 1. The highest BCUT2D eigenvalue weighted by molar-refractivity contribution is 7.99. The molecular formula is C19H33N3OS. The van der Waals surface area contributed by atoms with Crippen molar-refractivity contribution < 1.29 is 4.74 Å². The lowest BCUT2D eigenvalue weighted by Crippen LogP contribution is -2.43. The number of nitrogens with one attached hydrogen (secondary N) is 2. The van der Waals surface area contributed by atoms with Crippen LogP contribution in [0.4, 0.5) is 0 Å². The number of hydrogen-bond acceptors (Lipinski definition) is 3. The molecule has 1 aromatic rings. The first-order valence-corrected chi connectivity index (χ1v) is 9.85. The number of guanidine groups is 1. The van der Waals surface area contributed by atoms with Gasteiger partial charge in [-0.25, -0.2) is 4.99 Å². The normalized spacial score (nSPS) is 12.5. The first kappa shape index (κ1) is 20.8. The molecule has 0 bridgehead atoms. The van der Waals surface area contributed by atoms with Crippen molar-refractivity contribution in [2.45, 2.75) is 58.6 Å². The standard InChI is InChI=1S/C19H33N3OS/c1-7-20-18(22-14-19(4,5)24-6)21-12-16-9-8-10-17(11-16)13-23-15(2)3/h8-11,15H,7,12-14H2,1-6H3,(H2,20,21,22). The number of aliphatic imine (C=N–C) groups is 1. The van der Waals surface area contributed by atoms with E-state index in [0.717, 1.165) is 19.0 Å². The van der Waals surface area contributed by atoms with Gasteiger partial charge in [0.2, 0.25) is 0 Å². The fraction of sp³-hybridized carbons (Fsp3) is 0.632. The van der Waals surface area contributed by atoms with E-state index in [4.69, 9.17) is 9.73 Å². The van der Waals surface area contributed by atoms with Crippen molar-refractivity contribution in [3.63, 3.8) is 0 Å². The summed E-state index contributed by atoms with van der Waals surface area (Å²) < 4.78 is 5.86. The smallest absolute Gasteiger partial charge is 0.191 e. The summed E-state index contributed by atoms with van der Waals surface area (Å²) >= 11 is 1.85. The Morgan fingerprint density at radius 3 is 2.58 bits per heavy atom. The maximum atomic E-state index is 5.67. The second-order valence-corrected chi connectivity index (χ2v) is 8.21. The van der Waals surface area contributed by atoms with Gasteiger partial charge in [0.1, 0.15) is 0 Å². The summed E-state index contributed by atoms with van der Waals surface area (Å²) in [6.45, 7) is 13.7. The van der Waals surface area contributed by atoms with Gasteiger partial charge >= 0.3 is 0 Å². The van der Waals surface area contributed by atoms with Crippen molar-refractivity contribution in [1.82, 2.24) is 10.6 Å². The highest BCUT2D eigenvalue weighted by Crippen LogP contribution is 2.19. The third kappa shape index (κ3) is 8.60. The molecule has 0 fully saturated rings. The Morgan fingerprint density at radius 2 is 1.96 bits per heavy atom. The molecule has 0 radical (unpaired) electrons. The van der Waals surface area contributed by atoms with E-state index >= 15 is 0 Å². The summed E-state index contributed by atoms with van der Waals surface area (Å²) in [7, 11) is 0. The summed E-state index contributed by atoms with van der Waals surface area (Å²) in [6.07, 6.45) is 2.38. The van der Waals surface area contributed by atoms with Gasteiger partial charge in [-0.15, -0.1) is 0 Å². The quantitative estimate of drug-likeness (QED) is 0.525. The molecule has 24 heavy (non-hydrogen) atoms. The summed E-state index contributed by atoms with van der Waals surface area (Å²) in [5.74, 6) is 0.864. The van der Waals surface area contributed by atoms with E-state index in [-0.39, 0.29) is 10.9 Å². The third-order valence-corrected chi connectivity index (χ3v) is 4.82. The van der Waals surface area contributed by atoms with E-state index in [1.54, 1.807) is 0 Å². The Labute approximate surface area is 151 Å². The summed E-state index contributed by atoms with van der Waals surface area (Å²) in [4.78, 5) is 4.70. The largest absolute Gasteiger partial charge is 0.374 e. The van der Waals surface area contributed by atoms with Crippen LogP contribution in [0.15, 0.2) is 29.3 Å². The fourth-order valence-electron chi connectivity index (χ4n) is 1.96. The summed E-state index contributed by atoms with van der Waals surface area (Å²) in [5.41, 5.74) is 2.39. The molecule has 0 unspecified atom stereocenters. The Kier molecular flexibility index (Phi) is 9.22. The van der Waals surface area contributed by atoms with Crippen molar-refractivity contribution in [2.75, 3.05) is 19.3 Å². The molecule has 2 N–H and O–H groups in total. The van der Waals surface area contributed by atoms with Crippen LogP contribution in [-0.4, -0.2) is 36.2 Å². The van der Waals surface area contributed by atoms with E-state index in [0.29, 0.717) is 13.2 Å². The molecule has 4 nitrogen and oxygen atoms in total. The summed E-state index contributed by atoms with van der Waals surface area (Å²) in [5, 5.41) is 6.74. The minimum atomic E-state index is 0.185. The zero-order chi connectivity index (χ0) is 18.0. The number of benzene rings is 1. The predicted octanol–water partition coefficient (Wildman–Crippen LogP) is 3.81. The maximum absolute atomic E-state index is 5.67. The van der Waals surface area contributed by atoms with Crippen molar-refractivity contribution in [1.29, 1.82) is 0 Å². The first-order chi connectivity index (χ1) is 11.4. The molecule has 0 atom stereocenters. The van der Waals surface area contributed by atoms with Crippen LogP contribution in [-0.2, 0) is 17.9 Å². The Morgan fingerprint density at radius 1 is 1.25 bits per heavy atom. The van der Waals surface area contributed by atoms with Crippen LogP contribution in [0, 0.1) is 0 Å². The molecule has 0 aliphatic carbocycles. The lowest BCUT2D eigenvalue weighted by Gasteiger charge is -2.23. The van der Waals surface area contributed by atoms with Gasteiger partial charge in [-0.05, 0) is 52.0 Å². The van der Waals surface area contributed by atoms with Gasteiger partial charge in [0, 0.05) is 17.8 Å². The third-order valence-electron chi connectivity index (χ3n) is 3.57. The number of rotatable bonds is 9. The van der Waals surface area contributed by atoms with Crippen LogP contribution in [0.25, 0.3) is 0 Å². The van der Waals surface area contributed by atoms with Crippen molar-refractivity contribution >= 4 is 17.7 Å². The SMILES string of the molecule is CCNC(=NCc1cccc(COC(C)C)c1)NCC(C)(C)SC. The molecule has 0 heterocycles. The number of ether oxygens (including phenoxy) is 1. The zero-order valence-electron chi connectivity index (χ0n) is 16.0. The van der Waals surface area contributed by atoms with Gasteiger partial charge in [0.25, 0.3) is 0 Å². The zero-order valence-corrected chi connectivity index (χ0v) is 16.8. The van der Waals surface area contributed by atoms with Gasteiger partial charge in [0.15, 0.2) is 5.96 Å². The minimum absolute atomic E-state index is 0.185. The lowest BCUT2D eigenvalue weighted by molar-refractivity contribution is 0.0657. The molecule has 0 saturated carbocycles. The van der Waals surface area contributed by atoms with Crippen LogP contribution < -0.4 is 10.6 Å². The molecule has 0 spiro atoms. The molecular weight excluding hydrogens is 318 g/mol. The Bertz CT molecular complexity index is 515. The highest BCUT2D eigenvalue weighted by Gasteiger charge is 2.16. The minimum Gasteiger partial charge on any atom is -0.374 e. The van der Waals surface area contributed by atoms with Crippen LogP contribution in [0.1, 0.15) is 45.7 Å². The van der Waals surface area contributed by atoms with Gasteiger partial charge in [0.05, 0.1) is 19.3 Å². The molecule has 0 amide bonds. The Balaban J connectivity index is 2.66. The van der Waals surface area contributed by atoms with Gasteiger partial charge in [-0.2, -0.15) is 11.8 Å². The topological polar surface area (TPSA) is 45.7 Å². The second-order valence-electron chi connectivity index (χ2n) is 6.69. The van der Waals surface area contributed by atoms with Crippen molar-refractivity contribution in [2.24, 2.45) is 4.99 Å². The van der Waals surface area contributed by atoms with E-state index in [2.05, 4.69) is 75.8 Å². The molecule has 0 aliphatic heterocycles. The van der Waals surface area contributed by atoms with Crippen LogP contribution in [0.5, 0.6) is 0 Å². The van der Waals surface area contributed by atoms with E-state index in [1.165, 1.54) is 11.1 Å². The average Bonchev–Trinajstić information content (AvgIpc) is 2.56. The molecule has 136 valence electrons. The first-order valence-electron chi connectivity index (χ1n) is 8.63. The maximum Gasteiger partial charge on any atom is 0.191 e. The predicted molar refractivity (Wildman–Crippen MR) is 107 cm³/mol. The Hall–Kier alpha value is -1.20. The molecule has 0 aliphatic rings. The molecule has 1 aromatic carbocycles. The van der Waals surface area contributed by atoms with Crippen LogP contribution in [0.3, 0.4) is 0 Å². The van der Waals surface area contributed by atoms with Crippen molar-refractivity contribution in [3.05, 3.63) is 35.4 Å². The summed E-state index contributed by atoms with van der Waals surface area (Å²) in [6, 6.07) is 8.44. The monoisotopic (exact) mass is 351 g/mol. The molecule has 0 aromatic heterocycles. The van der Waals surface area contributed by atoms with Gasteiger partial charge in [-0.1, -0.05) is 24.3 Å². The van der Waals surface area contributed by atoms with Gasteiger partial charge < -0.3 is 15.4 Å². The lowest BCUT2D eigenvalue weighted by atomic mass is 10.1. The molecule has 0 saturated heterocycles. The highest BCUT2D eigenvalue weighted by atomic mass is 32.2. The van der Waals surface area contributed by atoms with Gasteiger partial charge in [-0.3, -0.25) is 0 Å². The number of thioether (sulfide) groups is 1. The average molecular weight is 352 g/mol. The van der Waals surface area contributed by atoms with Crippen LogP contribution >= 0.6 is 11.8 Å².